The van der Waals surface area contributed by atoms with Crippen molar-refractivity contribution in [2.45, 2.75) is 13.0 Å². The lowest BCUT2D eigenvalue weighted by Gasteiger charge is -2.17. The van der Waals surface area contributed by atoms with Gasteiger partial charge in [-0.1, -0.05) is 18.2 Å². The summed E-state index contributed by atoms with van der Waals surface area (Å²) in [5.41, 5.74) is 12.7. The third kappa shape index (κ3) is 2.88. The van der Waals surface area contributed by atoms with Gasteiger partial charge in [-0.15, -0.1) is 0 Å². The Morgan fingerprint density at radius 1 is 1.25 bits per heavy atom. The van der Waals surface area contributed by atoms with Crippen molar-refractivity contribution in [3.8, 4) is 0 Å². The molecule has 5 heteroatoms. The Morgan fingerprint density at radius 3 is 2.60 bits per heavy atom. The maximum atomic E-state index is 13.7. The van der Waals surface area contributed by atoms with Crippen LogP contribution in [0.1, 0.15) is 28.9 Å². The third-order valence-corrected chi connectivity index (χ3v) is 3.07. The number of primary amides is 1. The molecule has 0 fully saturated rings. The normalized spacial score (nSPS) is 11.9. The fourth-order valence-corrected chi connectivity index (χ4v) is 2.01. The van der Waals surface area contributed by atoms with Gasteiger partial charge >= 0.3 is 0 Å². The van der Waals surface area contributed by atoms with Gasteiger partial charge < -0.3 is 16.8 Å². The molecule has 4 nitrogen and oxygen atoms in total. The molecule has 2 aromatic rings. The van der Waals surface area contributed by atoms with Crippen LogP contribution in [0.25, 0.3) is 0 Å². The Labute approximate surface area is 116 Å². The number of rotatable bonds is 4. The molecule has 1 unspecified atom stereocenters. The molecular formula is C15H16FN3O. The first kappa shape index (κ1) is 13.9. The van der Waals surface area contributed by atoms with Crippen molar-refractivity contribution in [2.75, 3.05) is 11.1 Å². The molecule has 0 bridgehead atoms. The summed E-state index contributed by atoms with van der Waals surface area (Å²) in [6.07, 6.45) is 0. The third-order valence-electron chi connectivity index (χ3n) is 3.07. The minimum Gasteiger partial charge on any atom is -0.398 e. The van der Waals surface area contributed by atoms with E-state index in [0.29, 0.717) is 16.9 Å². The highest BCUT2D eigenvalue weighted by molar-refractivity contribution is 5.98. The summed E-state index contributed by atoms with van der Waals surface area (Å²) in [4.78, 5) is 11.2. The topological polar surface area (TPSA) is 81.1 Å². The summed E-state index contributed by atoms with van der Waals surface area (Å²) in [6, 6.07) is 11.2. The molecule has 0 aliphatic heterocycles. The van der Waals surface area contributed by atoms with Crippen LogP contribution < -0.4 is 16.8 Å². The van der Waals surface area contributed by atoms with Gasteiger partial charge in [0, 0.05) is 16.9 Å². The zero-order valence-electron chi connectivity index (χ0n) is 11.1. The highest BCUT2D eigenvalue weighted by Crippen LogP contribution is 2.24. The fourth-order valence-electron chi connectivity index (χ4n) is 2.01. The summed E-state index contributed by atoms with van der Waals surface area (Å²) >= 11 is 0. The average molecular weight is 273 g/mol. The van der Waals surface area contributed by atoms with Gasteiger partial charge in [0.2, 0.25) is 0 Å². The Hall–Kier alpha value is -2.56. The summed E-state index contributed by atoms with van der Waals surface area (Å²) in [7, 11) is 0. The smallest absolute Gasteiger partial charge is 0.250 e. The van der Waals surface area contributed by atoms with Gasteiger partial charge in [-0.25, -0.2) is 4.39 Å². The van der Waals surface area contributed by atoms with E-state index in [0.717, 1.165) is 0 Å². The van der Waals surface area contributed by atoms with Crippen molar-refractivity contribution in [3.05, 3.63) is 59.4 Å². The Bertz CT molecular complexity index is 643. The number of amides is 1. The van der Waals surface area contributed by atoms with Crippen LogP contribution in [-0.2, 0) is 0 Å². The summed E-state index contributed by atoms with van der Waals surface area (Å²) in [5, 5.41) is 3.12. The van der Waals surface area contributed by atoms with Crippen molar-refractivity contribution in [1.82, 2.24) is 0 Å². The van der Waals surface area contributed by atoms with Crippen LogP contribution >= 0.6 is 0 Å². The molecule has 2 aromatic carbocycles. The molecule has 5 N–H and O–H groups in total. The van der Waals surface area contributed by atoms with Crippen LogP contribution in [0.4, 0.5) is 15.8 Å². The van der Waals surface area contributed by atoms with Gasteiger partial charge in [-0.3, -0.25) is 4.79 Å². The molecule has 1 amide bonds. The van der Waals surface area contributed by atoms with Gasteiger partial charge in [0.05, 0.1) is 11.6 Å². The number of nitrogen functional groups attached to an aromatic ring is 1. The van der Waals surface area contributed by atoms with E-state index >= 15 is 0 Å². The first-order chi connectivity index (χ1) is 9.49. The molecule has 0 heterocycles. The second-order valence-electron chi connectivity index (χ2n) is 4.55. The summed E-state index contributed by atoms with van der Waals surface area (Å²) < 4.78 is 13.7. The fraction of sp³-hybridized carbons (Fsp3) is 0.133. The van der Waals surface area contributed by atoms with Crippen molar-refractivity contribution in [2.24, 2.45) is 5.73 Å². The van der Waals surface area contributed by atoms with E-state index in [2.05, 4.69) is 5.32 Å². The first-order valence-corrected chi connectivity index (χ1v) is 6.19. The van der Waals surface area contributed by atoms with E-state index < -0.39 is 5.91 Å². The molecule has 2 rings (SSSR count). The maximum Gasteiger partial charge on any atom is 0.250 e. The van der Waals surface area contributed by atoms with Gasteiger partial charge in [0.15, 0.2) is 0 Å². The zero-order chi connectivity index (χ0) is 14.7. The Kier molecular flexibility index (Phi) is 3.89. The number of hydrogen-bond donors (Lipinski definition) is 3. The zero-order valence-corrected chi connectivity index (χ0v) is 11.1. The number of nitrogens with one attached hydrogen (secondary N) is 1. The van der Waals surface area contributed by atoms with Crippen LogP contribution in [0.3, 0.4) is 0 Å². The maximum absolute atomic E-state index is 13.7. The second-order valence-corrected chi connectivity index (χ2v) is 4.55. The summed E-state index contributed by atoms with van der Waals surface area (Å²) in [5.74, 6) is -0.872. The molecule has 0 aliphatic carbocycles. The first-order valence-electron chi connectivity index (χ1n) is 6.19. The largest absolute Gasteiger partial charge is 0.398 e. The van der Waals surface area contributed by atoms with Crippen molar-refractivity contribution in [3.63, 3.8) is 0 Å². The minimum atomic E-state index is -0.593. The van der Waals surface area contributed by atoms with E-state index in [4.69, 9.17) is 11.5 Å². The van der Waals surface area contributed by atoms with Crippen molar-refractivity contribution < 1.29 is 9.18 Å². The lowest BCUT2D eigenvalue weighted by molar-refractivity contribution is 0.100. The number of anilines is 2. The van der Waals surface area contributed by atoms with Gasteiger partial charge in [0.25, 0.3) is 5.91 Å². The molecule has 0 saturated carbocycles. The molecule has 0 saturated heterocycles. The molecule has 104 valence electrons. The average Bonchev–Trinajstić information content (AvgIpc) is 2.41. The molecule has 0 radical (unpaired) electrons. The molecule has 0 aromatic heterocycles. The van der Waals surface area contributed by atoms with Gasteiger partial charge in [-0.05, 0) is 31.2 Å². The van der Waals surface area contributed by atoms with E-state index in [9.17, 15) is 9.18 Å². The van der Waals surface area contributed by atoms with E-state index in [-0.39, 0.29) is 17.4 Å². The lowest BCUT2D eigenvalue weighted by Crippen LogP contribution is -2.15. The lowest BCUT2D eigenvalue weighted by atomic mass is 10.1. The van der Waals surface area contributed by atoms with E-state index in [1.807, 2.05) is 6.92 Å². The van der Waals surface area contributed by atoms with Crippen LogP contribution in [-0.4, -0.2) is 5.91 Å². The van der Waals surface area contributed by atoms with Crippen LogP contribution in [0.2, 0.25) is 0 Å². The van der Waals surface area contributed by atoms with Crippen LogP contribution in [0.5, 0.6) is 0 Å². The monoisotopic (exact) mass is 273 g/mol. The predicted octanol–water partition coefficient (Wildman–Crippen LogP) is 2.68. The minimum absolute atomic E-state index is 0.246. The molecular weight excluding hydrogens is 257 g/mol. The molecule has 20 heavy (non-hydrogen) atoms. The molecule has 1 atom stereocenters. The number of carbonyl (C=O) groups is 1. The standard InChI is InChI=1S/C15H16FN3O/c1-9(11-4-2-3-5-13(11)16)19-10-6-7-14(17)12(8-10)15(18)20/h2-9,19H,17H2,1H3,(H2,18,20). The van der Waals surface area contributed by atoms with Crippen LogP contribution in [0, 0.1) is 5.82 Å². The second kappa shape index (κ2) is 5.61. The van der Waals surface area contributed by atoms with Crippen LogP contribution in [0.15, 0.2) is 42.5 Å². The van der Waals surface area contributed by atoms with E-state index in [1.165, 1.54) is 6.07 Å². The Morgan fingerprint density at radius 2 is 1.95 bits per heavy atom. The molecule has 0 spiro atoms. The predicted molar refractivity (Wildman–Crippen MR) is 77.8 cm³/mol. The Balaban J connectivity index is 2.24. The summed E-state index contributed by atoms with van der Waals surface area (Å²) in [6.45, 7) is 1.83. The number of hydrogen-bond acceptors (Lipinski definition) is 3. The highest BCUT2D eigenvalue weighted by Gasteiger charge is 2.12. The quantitative estimate of drug-likeness (QED) is 0.749. The van der Waals surface area contributed by atoms with Gasteiger partial charge in [0.1, 0.15) is 5.82 Å². The highest BCUT2D eigenvalue weighted by atomic mass is 19.1. The molecule has 0 aliphatic rings. The van der Waals surface area contributed by atoms with E-state index in [1.54, 1.807) is 36.4 Å². The van der Waals surface area contributed by atoms with Crippen molar-refractivity contribution >= 4 is 17.3 Å². The number of carbonyl (C=O) groups excluding carboxylic acids is 1. The van der Waals surface area contributed by atoms with Gasteiger partial charge in [-0.2, -0.15) is 0 Å². The SMILES string of the molecule is CC(Nc1ccc(N)c(C(N)=O)c1)c1ccccc1F. The number of nitrogens with two attached hydrogens (primary N) is 2. The van der Waals surface area contributed by atoms with Crippen molar-refractivity contribution in [1.29, 1.82) is 0 Å². The number of benzene rings is 2. The number of halogens is 1.